The maximum absolute atomic E-state index is 14.1. The van der Waals surface area contributed by atoms with E-state index in [0.717, 1.165) is 35.3 Å². The molecule has 2 aliphatic rings. The van der Waals surface area contributed by atoms with E-state index in [-0.39, 0.29) is 43.4 Å². The van der Waals surface area contributed by atoms with Crippen LogP contribution in [0.25, 0.3) is 0 Å². The van der Waals surface area contributed by atoms with Gasteiger partial charge in [0, 0.05) is 38.3 Å². The molecule has 13 nitrogen and oxygen atoms in total. The van der Waals surface area contributed by atoms with Crippen molar-refractivity contribution in [1.82, 2.24) is 25.3 Å². The zero-order valence-electron chi connectivity index (χ0n) is 27.5. The standard InChI is InChI=1S/C34H44N6O7/c1-20(2)29(37-30(42)21(3)38(5)34(46)47)33(45)40-18-17-39(32(44)24-13-15-25(16-14-24)35-22(4)41)19-28(40)31(43)36-27-12-8-10-23-9-6-7-11-26(23)27/h6-7,9,11,13-16,20-21,27-29H,8,10,12,17-19H2,1-5H3,(H,35,41)(H,36,43)(H,37,42)(H,46,47)/t21-,27+,28-,29-/m0/s1. The highest BCUT2D eigenvalue weighted by atomic mass is 16.4. The van der Waals surface area contributed by atoms with E-state index >= 15 is 0 Å². The second-order valence-electron chi connectivity index (χ2n) is 12.5. The van der Waals surface area contributed by atoms with E-state index in [9.17, 15) is 33.9 Å². The number of rotatable bonds is 9. The SMILES string of the molecule is CC(=O)Nc1ccc(C(=O)N2CCN(C(=O)[C@@H](NC(=O)[C@H](C)N(C)C(=O)O)C(C)C)[C@H](C(=O)N[C@@H]3CCCc4ccccc43)C2)cc1. The van der Waals surface area contributed by atoms with Crippen LogP contribution in [-0.4, -0.2) is 100 Å². The van der Waals surface area contributed by atoms with Crippen molar-refractivity contribution in [2.75, 3.05) is 32.0 Å². The number of nitrogens with zero attached hydrogens (tertiary/aromatic N) is 3. The first-order valence-electron chi connectivity index (χ1n) is 15.9. The Balaban J connectivity index is 1.59. The summed E-state index contributed by atoms with van der Waals surface area (Å²) in [7, 11) is 1.27. The van der Waals surface area contributed by atoms with Crippen LogP contribution in [0.15, 0.2) is 48.5 Å². The lowest BCUT2D eigenvalue weighted by Crippen LogP contribution is -2.65. The summed E-state index contributed by atoms with van der Waals surface area (Å²) in [5.41, 5.74) is 3.09. The molecule has 2 aromatic rings. The molecule has 4 rings (SSSR count). The van der Waals surface area contributed by atoms with E-state index in [1.165, 1.54) is 30.7 Å². The van der Waals surface area contributed by atoms with Gasteiger partial charge in [-0.15, -0.1) is 0 Å². The lowest BCUT2D eigenvalue weighted by molar-refractivity contribution is -0.147. The second kappa shape index (κ2) is 15.1. The van der Waals surface area contributed by atoms with Crippen molar-refractivity contribution in [3.63, 3.8) is 0 Å². The molecule has 0 aromatic heterocycles. The fourth-order valence-electron chi connectivity index (χ4n) is 6.02. The number of piperazine rings is 1. The third kappa shape index (κ3) is 8.27. The predicted molar refractivity (Wildman–Crippen MR) is 174 cm³/mol. The number of anilines is 1. The first-order chi connectivity index (χ1) is 22.3. The van der Waals surface area contributed by atoms with Crippen molar-refractivity contribution < 1.29 is 33.9 Å². The monoisotopic (exact) mass is 648 g/mol. The maximum Gasteiger partial charge on any atom is 0.407 e. The van der Waals surface area contributed by atoms with Crippen LogP contribution in [-0.2, 0) is 25.6 Å². The number of fused-ring (bicyclic) bond motifs is 1. The Morgan fingerprint density at radius 2 is 1.64 bits per heavy atom. The van der Waals surface area contributed by atoms with E-state index in [1.54, 1.807) is 38.1 Å². The summed E-state index contributed by atoms with van der Waals surface area (Å²) in [6.07, 6.45) is 1.24. The summed E-state index contributed by atoms with van der Waals surface area (Å²) < 4.78 is 0. The van der Waals surface area contributed by atoms with Crippen LogP contribution < -0.4 is 16.0 Å². The fraction of sp³-hybridized carbons (Fsp3) is 0.471. The van der Waals surface area contributed by atoms with Gasteiger partial charge in [-0.2, -0.15) is 0 Å². The Bertz CT molecular complexity index is 1510. The van der Waals surface area contributed by atoms with Gasteiger partial charge >= 0.3 is 6.09 Å². The summed E-state index contributed by atoms with van der Waals surface area (Å²) in [6, 6.07) is 11.0. The topological polar surface area (TPSA) is 168 Å². The van der Waals surface area contributed by atoms with Gasteiger partial charge < -0.3 is 30.9 Å². The van der Waals surface area contributed by atoms with E-state index in [4.69, 9.17) is 0 Å². The zero-order chi connectivity index (χ0) is 34.4. The fourth-order valence-corrected chi connectivity index (χ4v) is 6.02. The Hall–Kier alpha value is -4.94. The minimum absolute atomic E-state index is 0.0392. The van der Waals surface area contributed by atoms with Crippen LogP contribution in [0, 0.1) is 5.92 Å². The number of hydrogen-bond donors (Lipinski definition) is 4. The molecule has 13 heteroatoms. The number of hydrogen-bond acceptors (Lipinski definition) is 6. The Morgan fingerprint density at radius 1 is 0.957 bits per heavy atom. The lowest BCUT2D eigenvalue weighted by atomic mass is 9.87. The molecule has 1 heterocycles. The molecule has 252 valence electrons. The van der Waals surface area contributed by atoms with Gasteiger partial charge in [0.05, 0.1) is 12.6 Å². The van der Waals surface area contributed by atoms with Crippen LogP contribution in [0.5, 0.6) is 0 Å². The van der Waals surface area contributed by atoms with Gasteiger partial charge in [-0.3, -0.25) is 28.9 Å². The molecule has 1 aliphatic carbocycles. The van der Waals surface area contributed by atoms with Crippen LogP contribution in [0.4, 0.5) is 10.5 Å². The second-order valence-corrected chi connectivity index (χ2v) is 12.5. The minimum Gasteiger partial charge on any atom is -0.465 e. The number of carbonyl (C=O) groups excluding carboxylic acids is 5. The summed E-state index contributed by atoms with van der Waals surface area (Å²) in [5.74, 6) is -2.49. The average Bonchev–Trinajstić information content (AvgIpc) is 3.05. The normalized spacial score (nSPS) is 18.8. The van der Waals surface area contributed by atoms with Gasteiger partial charge in [0.15, 0.2) is 0 Å². The minimum atomic E-state index is -1.29. The van der Waals surface area contributed by atoms with Crippen molar-refractivity contribution in [3.8, 4) is 0 Å². The Labute approximate surface area is 274 Å². The van der Waals surface area contributed by atoms with Crippen molar-refractivity contribution in [3.05, 3.63) is 65.2 Å². The highest BCUT2D eigenvalue weighted by molar-refractivity contribution is 5.98. The van der Waals surface area contributed by atoms with Gasteiger partial charge in [-0.1, -0.05) is 38.1 Å². The Morgan fingerprint density at radius 3 is 2.28 bits per heavy atom. The van der Waals surface area contributed by atoms with E-state index in [0.29, 0.717) is 11.3 Å². The first-order valence-corrected chi connectivity index (χ1v) is 15.9. The third-order valence-corrected chi connectivity index (χ3v) is 8.88. The summed E-state index contributed by atoms with van der Waals surface area (Å²) >= 11 is 0. The molecule has 1 aliphatic heterocycles. The maximum atomic E-state index is 14.1. The highest BCUT2D eigenvalue weighted by Crippen LogP contribution is 2.30. The molecule has 4 N–H and O–H groups in total. The van der Waals surface area contributed by atoms with Crippen molar-refractivity contribution >= 4 is 41.3 Å². The quantitative estimate of drug-likeness (QED) is 0.324. The number of carbonyl (C=O) groups is 6. The van der Waals surface area contributed by atoms with Gasteiger partial charge in [-0.05, 0) is 67.5 Å². The first kappa shape index (κ1) is 34.9. The summed E-state index contributed by atoms with van der Waals surface area (Å²) in [5, 5.41) is 17.8. The molecule has 47 heavy (non-hydrogen) atoms. The molecular formula is C34H44N6O7. The molecule has 2 aromatic carbocycles. The average molecular weight is 649 g/mol. The largest absolute Gasteiger partial charge is 0.465 e. The van der Waals surface area contributed by atoms with Crippen LogP contribution in [0.2, 0.25) is 0 Å². The van der Waals surface area contributed by atoms with Crippen molar-refractivity contribution in [2.24, 2.45) is 5.92 Å². The van der Waals surface area contributed by atoms with Crippen LogP contribution in [0.1, 0.15) is 68.1 Å². The lowest BCUT2D eigenvalue weighted by Gasteiger charge is -2.43. The van der Waals surface area contributed by atoms with E-state index in [2.05, 4.69) is 16.0 Å². The molecule has 0 bridgehead atoms. The summed E-state index contributed by atoms with van der Waals surface area (Å²) in [6.45, 7) is 6.44. The number of aryl methyl sites for hydroxylation is 1. The number of likely N-dealkylation sites (N-methyl/N-ethyl adjacent to an activating group) is 1. The molecule has 1 saturated heterocycles. The van der Waals surface area contributed by atoms with Gasteiger partial charge in [0.25, 0.3) is 5.91 Å². The van der Waals surface area contributed by atoms with Gasteiger partial charge in [0.2, 0.25) is 23.6 Å². The molecule has 1 fully saturated rings. The van der Waals surface area contributed by atoms with Crippen LogP contribution >= 0.6 is 0 Å². The van der Waals surface area contributed by atoms with Crippen molar-refractivity contribution in [1.29, 1.82) is 0 Å². The van der Waals surface area contributed by atoms with Crippen LogP contribution in [0.3, 0.4) is 0 Å². The molecule has 0 spiro atoms. The molecular weight excluding hydrogens is 604 g/mol. The highest BCUT2D eigenvalue weighted by Gasteiger charge is 2.42. The molecule has 0 saturated carbocycles. The molecule has 4 atom stereocenters. The number of nitrogens with one attached hydrogen (secondary N) is 3. The van der Waals surface area contributed by atoms with Gasteiger partial charge in [-0.25, -0.2) is 4.79 Å². The predicted octanol–water partition coefficient (Wildman–Crippen LogP) is 2.63. The summed E-state index contributed by atoms with van der Waals surface area (Å²) in [4.78, 5) is 81.5. The Kier molecular flexibility index (Phi) is 11.2. The van der Waals surface area contributed by atoms with E-state index < -0.39 is 41.9 Å². The van der Waals surface area contributed by atoms with E-state index in [1.807, 2.05) is 24.3 Å². The number of benzene rings is 2. The zero-order valence-corrected chi connectivity index (χ0v) is 27.5. The number of amides is 6. The molecule has 0 radical (unpaired) electrons. The van der Waals surface area contributed by atoms with Gasteiger partial charge in [0.1, 0.15) is 18.1 Å². The molecule has 0 unspecified atom stereocenters. The third-order valence-electron chi connectivity index (χ3n) is 8.88. The van der Waals surface area contributed by atoms with Crippen molar-refractivity contribution in [2.45, 2.75) is 71.1 Å². The number of carboxylic acid groups (broad SMARTS) is 1. The smallest absolute Gasteiger partial charge is 0.407 e. The molecule has 6 amide bonds.